The van der Waals surface area contributed by atoms with Gasteiger partial charge >= 0.3 is 12.0 Å². The molecule has 0 saturated heterocycles. The van der Waals surface area contributed by atoms with Crippen LogP contribution in [0.25, 0.3) is 0 Å². The Morgan fingerprint density at radius 2 is 2.05 bits per heavy atom. The predicted molar refractivity (Wildman–Crippen MR) is 77.2 cm³/mol. The molecule has 1 aliphatic carbocycles. The fourth-order valence-electron chi connectivity index (χ4n) is 2.15. The van der Waals surface area contributed by atoms with Crippen molar-refractivity contribution in [2.75, 3.05) is 11.4 Å². The van der Waals surface area contributed by atoms with Crippen molar-refractivity contribution in [1.29, 1.82) is 0 Å². The zero-order chi connectivity index (χ0) is 14.7. The molecular formula is C14H17ClN2O3. The number of anilines is 1. The maximum atomic E-state index is 12.2. The van der Waals surface area contributed by atoms with E-state index in [0.717, 1.165) is 12.8 Å². The summed E-state index contributed by atoms with van der Waals surface area (Å²) in [5.41, 5.74) is 0.517. The lowest BCUT2D eigenvalue weighted by molar-refractivity contribution is -0.135. The van der Waals surface area contributed by atoms with Gasteiger partial charge in [-0.25, -0.2) is 4.79 Å². The van der Waals surface area contributed by atoms with E-state index in [1.165, 1.54) is 4.90 Å². The predicted octanol–water partition coefficient (Wildman–Crippen LogP) is 2.74. The van der Waals surface area contributed by atoms with Crippen molar-refractivity contribution < 1.29 is 14.7 Å². The third-order valence-corrected chi connectivity index (χ3v) is 3.68. The third kappa shape index (κ3) is 3.63. The summed E-state index contributed by atoms with van der Waals surface area (Å²) in [7, 11) is 0. The van der Waals surface area contributed by atoms with Crippen molar-refractivity contribution in [2.24, 2.45) is 5.92 Å². The molecule has 1 aromatic rings. The monoisotopic (exact) mass is 296 g/mol. The van der Waals surface area contributed by atoms with Gasteiger partial charge in [0, 0.05) is 16.8 Å². The largest absolute Gasteiger partial charge is 0.480 e. The standard InChI is InChI=1S/C14H17ClN2O3/c1-2-9-7-12(9)16-14(20)17(8-13(18)19)11-5-3-10(15)4-6-11/h3-6,9,12H,2,7-8H2,1H3,(H,16,20)(H,18,19). The molecular weight excluding hydrogens is 280 g/mol. The zero-order valence-electron chi connectivity index (χ0n) is 11.2. The lowest BCUT2D eigenvalue weighted by Crippen LogP contribution is -2.44. The molecule has 1 aliphatic rings. The van der Waals surface area contributed by atoms with Gasteiger partial charge in [-0.15, -0.1) is 0 Å². The Morgan fingerprint density at radius 1 is 1.40 bits per heavy atom. The summed E-state index contributed by atoms with van der Waals surface area (Å²) in [6.07, 6.45) is 1.98. The first-order valence-corrected chi connectivity index (χ1v) is 6.94. The Balaban J connectivity index is 2.08. The highest BCUT2D eigenvalue weighted by Gasteiger charge is 2.37. The maximum absolute atomic E-state index is 12.2. The lowest BCUT2D eigenvalue weighted by Gasteiger charge is -2.21. The Morgan fingerprint density at radius 3 is 2.55 bits per heavy atom. The highest BCUT2D eigenvalue weighted by molar-refractivity contribution is 6.30. The molecule has 0 bridgehead atoms. The molecule has 6 heteroatoms. The first-order valence-electron chi connectivity index (χ1n) is 6.56. The van der Waals surface area contributed by atoms with E-state index in [2.05, 4.69) is 12.2 Å². The number of carbonyl (C=O) groups excluding carboxylic acids is 1. The zero-order valence-corrected chi connectivity index (χ0v) is 11.9. The van der Waals surface area contributed by atoms with E-state index in [-0.39, 0.29) is 18.6 Å². The first kappa shape index (κ1) is 14.7. The van der Waals surface area contributed by atoms with Crippen molar-refractivity contribution in [3.8, 4) is 0 Å². The SMILES string of the molecule is CCC1CC1NC(=O)N(CC(=O)O)c1ccc(Cl)cc1. The van der Waals surface area contributed by atoms with Crippen molar-refractivity contribution in [1.82, 2.24) is 5.32 Å². The minimum atomic E-state index is -1.06. The number of amides is 2. The molecule has 0 spiro atoms. The number of hydrogen-bond acceptors (Lipinski definition) is 2. The van der Waals surface area contributed by atoms with E-state index in [1.807, 2.05) is 0 Å². The summed E-state index contributed by atoms with van der Waals surface area (Å²) in [5, 5.41) is 12.4. The van der Waals surface area contributed by atoms with Gasteiger partial charge in [0.2, 0.25) is 0 Å². The van der Waals surface area contributed by atoms with E-state index in [1.54, 1.807) is 24.3 Å². The molecule has 0 aromatic heterocycles. The second-order valence-corrected chi connectivity index (χ2v) is 5.35. The van der Waals surface area contributed by atoms with Crippen LogP contribution in [-0.2, 0) is 4.79 Å². The highest BCUT2D eigenvalue weighted by atomic mass is 35.5. The van der Waals surface area contributed by atoms with E-state index in [9.17, 15) is 9.59 Å². The molecule has 108 valence electrons. The van der Waals surface area contributed by atoms with Gasteiger partial charge in [0.15, 0.2) is 0 Å². The topological polar surface area (TPSA) is 69.6 Å². The number of benzene rings is 1. The number of carboxylic acid groups (broad SMARTS) is 1. The van der Waals surface area contributed by atoms with E-state index < -0.39 is 5.97 Å². The van der Waals surface area contributed by atoms with Crippen molar-refractivity contribution in [3.63, 3.8) is 0 Å². The van der Waals surface area contributed by atoms with Gasteiger partial charge in [-0.3, -0.25) is 9.69 Å². The van der Waals surface area contributed by atoms with Gasteiger partial charge in [-0.05, 0) is 36.6 Å². The van der Waals surface area contributed by atoms with Crippen LogP contribution < -0.4 is 10.2 Å². The van der Waals surface area contributed by atoms with Crippen LogP contribution in [-0.4, -0.2) is 29.7 Å². The van der Waals surface area contributed by atoms with Crippen molar-refractivity contribution >= 4 is 29.3 Å². The van der Waals surface area contributed by atoms with Crippen LogP contribution in [0.1, 0.15) is 19.8 Å². The van der Waals surface area contributed by atoms with Gasteiger partial charge < -0.3 is 10.4 Å². The number of carboxylic acids is 1. The molecule has 1 aromatic carbocycles. The van der Waals surface area contributed by atoms with Crippen LogP contribution in [0.3, 0.4) is 0 Å². The molecule has 2 N–H and O–H groups in total. The molecule has 0 heterocycles. The molecule has 2 rings (SSSR count). The summed E-state index contributed by atoms with van der Waals surface area (Å²) in [6, 6.07) is 6.31. The number of aliphatic carboxylic acids is 1. The number of halogens is 1. The van der Waals surface area contributed by atoms with Crippen molar-refractivity contribution in [2.45, 2.75) is 25.8 Å². The van der Waals surface area contributed by atoms with E-state index >= 15 is 0 Å². The number of carbonyl (C=O) groups is 2. The molecule has 20 heavy (non-hydrogen) atoms. The molecule has 1 fully saturated rings. The highest BCUT2D eigenvalue weighted by Crippen LogP contribution is 2.33. The van der Waals surface area contributed by atoms with E-state index in [0.29, 0.717) is 16.6 Å². The second-order valence-electron chi connectivity index (χ2n) is 4.92. The number of hydrogen-bond donors (Lipinski definition) is 2. The number of nitrogens with one attached hydrogen (secondary N) is 1. The van der Waals surface area contributed by atoms with Crippen LogP contribution in [0, 0.1) is 5.92 Å². The summed E-state index contributed by atoms with van der Waals surface area (Å²) >= 11 is 5.80. The van der Waals surface area contributed by atoms with Gasteiger partial charge in [0.1, 0.15) is 6.54 Å². The minimum Gasteiger partial charge on any atom is -0.480 e. The van der Waals surface area contributed by atoms with Crippen LogP contribution in [0.15, 0.2) is 24.3 Å². The quantitative estimate of drug-likeness (QED) is 0.878. The van der Waals surface area contributed by atoms with Crippen LogP contribution in [0.2, 0.25) is 5.02 Å². The Kier molecular flexibility index (Phi) is 4.49. The summed E-state index contributed by atoms with van der Waals surface area (Å²) in [6.45, 7) is 1.70. The van der Waals surface area contributed by atoms with E-state index in [4.69, 9.17) is 16.7 Å². The third-order valence-electron chi connectivity index (χ3n) is 3.43. The minimum absolute atomic E-state index is 0.163. The molecule has 2 amide bonds. The molecule has 0 aliphatic heterocycles. The summed E-state index contributed by atoms with van der Waals surface area (Å²) in [4.78, 5) is 24.3. The average molecular weight is 297 g/mol. The lowest BCUT2D eigenvalue weighted by atomic mass is 10.3. The molecule has 0 radical (unpaired) electrons. The maximum Gasteiger partial charge on any atom is 0.323 e. The smallest absolute Gasteiger partial charge is 0.323 e. The molecule has 2 atom stereocenters. The Bertz CT molecular complexity index is 504. The Hall–Kier alpha value is -1.75. The van der Waals surface area contributed by atoms with Crippen LogP contribution in [0.4, 0.5) is 10.5 Å². The fourth-order valence-corrected chi connectivity index (χ4v) is 2.27. The van der Waals surface area contributed by atoms with Gasteiger partial charge in [0.05, 0.1) is 0 Å². The normalized spacial score (nSPS) is 20.3. The molecule has 2 unspecified atom stereocenters. The number of rotatable bonds is 5. The number of urea groups is 1. The molecule has 5 nitrogen and oxygen atoms in total. The van der Waals surface area contributed by atoms with Gasteiger partial charge in [-0.2, -0.15) is 0 Å². The van der Waals surface area contributed by atoms with Crippen molar-refractivity contribution in [3.05, 3.63) is 29.3 Å². The van der Waals surface area contributed by atoms with Crippen LogP contribution >= 0.6 is 11.6 Å². The summed E-state index contributed by atoms with van der Waals surface area (Å²) < 4.78 is 0. The van der Waals surface area contributed by atoms with Gasteiger partial charge in [0.25, 0.3) is 0 Å². The first-order chi connectivity index (χ1) is 9.51. The summed E-state index contributed by atoms with van der Waals surface area (Å²) in [5.74, 6) is -0.547. The van der Waals surface area contributed by atoms with Crippen LogP contribution in [0.5, 0.6) is 0 Å². The fraction of sp³-hybridized carbons (Fsp3) is 0.429. The Labute approximate surface area is 122 Å². The van der Waals surface area contributed by atoms with Gasteiger partial charge in [-0.1, -0.05) is 24.9 Å². The average Bonchev–Trinajstić information content (AvgIpc) is 3.15. The number of nitrogens with zero attached hydrogens (tertiary/aromatic N) is 1. The molecule has 1 saturated carbocycles. The second kappa shape index (κ2) is 6.13.